The molecule has 0 bridgehead atoms. The maximum absolute atomic E-state index is 12.8. The monoisotopic (exact) mass is 463 g/mol. The Bertz CT molecular complexity index is 1050. The first-order valence-corrected chi connectivity index (χ1v) is 11.9. The molecule has 11 heteroatoms. The van der Waals surface area contributed by atoms with Gasteiger partial charge >= 0.3 is 0 Å². The van der Waals surface area contributed by atoms with Crippen LogP contribution in [0.1, 0.15) is 30.9 Å². The van der Waals surface area contributed by atoms with Crippen molar-refractivity contribution in [2.24, 2.45) is 0 Å². The smallest absolute Gasteiger partial charge is 0.241 e. The Morgan fingerprint density at radius 2 is 1.75 bits per heavy atom. The van der Waals surface area contributed by atoms with Crippen molar-refractivity contribution in [2.75, 3.05) is 31.5 Å². The summed E-state index contributed by atoms with van der Waals surface area (Å²) in [5.74, 6) is 0.291. The summed E-state index contributed by atoms with van der Waals surface area (Å²) in [6.07, 6.45) is 0. The highest BCUT2D eigenvalue weighted by Crippen LogP contribution is 2.17. The molecule has 2 heterocycles. The zero-order valence-corrected chi connectivity index (χ0v) is 19.5. The number of carbonyl (C=O) groups is 2. The Kier molecular flexibility index (Phi) is 7.32. The highest BCUT2D eigenvalue weighted by atomic mass is 32.2. The maximum atomic E-state index is 12.8. The predicted octanol–water partition coefficient (Wildman–Crippen LogP) is 1.26. The number of aromatic nitrogens is 1. The first kappa shape index (κ1) is 23.9. The Morgan fingerprint density at radius 1 is 1.12 bits per heavy atom. The van der Waals surface area contributed by atoms with Crippen molar-refractivity contribution in [1.29, 1.82) is 0 Å². The topological polar surface area (TPSA) is 125 Å². The normalized spacial score (nSPS) is 16.1. The Hall–Kier alpha value is -2.76. The second kappa shape index (κ2) is 9.80. The van der Waals surface area contributed by atoms with Crippen molar-refractivity contribution < 1.29 is 22.5 Å². The molecule has 1 aliphatic heterocycles. The molecular weight excluding hydrogens is 434 g/mol. The van der Waals surface area contributed by atoms with E-state index < -0.39 is 16.1 Å². The Labute approximate surface area is 188 Å². The number of aryl methyl sites for hydroxylation is 2. The van der Waals surface area contributed by atoms with Crippen LogP contribution in [0.2, 0.25) is 0 Å². The zero-order chi connectivity index (χ0) is 23.5. The number of benzene rings is 1. The molecule has 10 nitrogen and oxygen atoms in total. The number of carbonyl (C=O) groups excluding carboxylic acids is 2. The molecule has 0 spiro atoms. The number of hydrogen-bond donors (Lipinski definition) is 2. The third kappa shape index (κ3) is 5.72. The van der Waals surface area contributed by atoms with Gasteiger partial charge in [0.1, 0.15) is 5.76 Å². The van der Waals surface area contributed by atoms with Crippen LogP contribution in [0.4, 0.5) is 5.69 Å². The van der Waals surface area contributed by atoms with E-state index in [9.17, 15) is 18.0 Å². The van der Waals surface area contributed by atoms with Crippen LogP contribution in [0.25, 0.3) is 0 Å². The van der Waals surface area contributed by atoms with Gasteiger partial charge in [0, 0.05) is 50.9 Å². The summed E-state index contributed by atoms with van der Waals surface area (Å²) < 4.78 is 33.0. The summed E-state index contributed by atoms with van der Waals surface area (Å²) in [6.45, 7) is 9.81. The van der Waals surface area contributed by atoms with Gasteiger partial charge in [-0.2, -0.15) is 4.72 Å². The van der Waals surface area contributed by atoms with Gasteiger partial charge in [0.25, 0.3) is 0 Å². The number of piperazine rings is 1. The maximum Gasteiger partial charge on any atom is 0.241 e. The van der Waals surface area contributed by atoms with E-state index in [1.54, 1.807) is 11.8 Å². The lowest BCUT2D eigenvalue weighted by Crippen LogP contribution is -2.53. The van der Waals surface area contributed by atoms with Crippen LogP contribution < -0.4 is 10.0 Å². The summed E-state index contributed by atoms with van der Waals surface area (Å²) in [5.41, 5.74) is 2.43. The van der Waals surface area contributed by atoms with Crippen LogP contribution in [0, 0.1) is 13.8 Å². The van der Waals surface area contributed by atoms with Gasteiger partial charge in [-0.05, 0) is 45.0 Å². The fourth-order valence-electron chi connectivity index (χ4n) is 3.62. The minimum absolute atomic E-state index is 0.0236. The number of anilines is 1. The number of sulfonamides is 1. The third-order valence-electron chi connectivity index (χ3n) is 5.43. The molecule has 174 valence electrons. The van der Waals surface area contributed by atoms with Crippen LogP contribution >= 0.6 is 0 Å². The van der Waals surface area contributed by atoms with Crippen LogP contribution in [-0.2, 0) is 26.2 Å². The number of rotatable bonds is 7. The number of nitrogens with one attached hydrogen (secondary N) is 2. The first-order valence-electron chi connectivity index (χ1n) is 10.4. The van der Waals surface area contributed by atoms with Crippen molar-refractivity contribution in [3.8, 4) is 0 Å². The van der Waals surface area contributed by atoms with Gasteiger partial charge < -0.3 is 14.7 Å². The minimum Gasteiger partial charge on any atom is -0.361 e. The second-order valence-corrected chi connectivity index (χ2v) is 9.67. The van der Waals surface area contributed by atoms with E-state index in [0.29, 0.717) is 38.4 Å². The number of amides is 2. The largest absolute Gasteiger partial charge is 0.361 e. The predicted molar refractivity (Wildman–Crippen MR) is 118 cm³/mol. The Balaban J connectivity index is 1.54. The quantitative estimate of drug-likeness (QED) is 0.633. The molecule has 0 aliphatic carbocycles. The number of hydrogen-bond acceptors (Lipinski definition) is 7. The molecule has 2 amide bonds. The van der Waals surface area contributed by atoms with Gasteiger partial charge in [-0.3, -0.25) is 14.5 Å². The summed E-state index contributed by atoms with van der Waals surface area (Å²) >= 11 is 0. The van der Waals surface area contributed by atoms with Crippen LogP contribution in [0.3, 0.4) is 0 Å². The minimum atomic E-state index is -3.88. The molecule has 1 atom stereocenters. The fraction of sp³-hybridized carbons (Fsp3) is 0.476. The van der Waals surface area contributed by atoms with E-state index in [1.807, 2.05) is 13.8 Å². The lowest BCUT2D eigenvalue weighted by molar-refractivity contribution is -0.134. The van der Waals surface area contributed by atoms with E-state index in [2.05, 4.69) is 20.1 Å². The second-order valence-electron chi connectivity index (χ2n) is 7.95. The lowest BCUT2D eigenvalue weighted by atomic mass is 10.1. The van der Waals surface area contributed by atoms with E-state index in [-0.39, 0.29) is 16.7 Å². The van der Waals surface area contributed by atoms with Gasteiger partial charge in [0.05, 0.1) is 16.6 Å². The summed E-state index contributed by atoms with van der Waals surface area (Å²) in [6, 6.07) is 4.88. The molecular formula is C21H29N5O5S. The van der Waals surface area contributed by atoms with Crippen molar-refractivity contribution in [3.63, 3.8) is 0 Å². The summed E-state index contributed by atoms with van der Waals surface area (Å²) in [5, 5.41) is 6.56. The summed E-state index contributed by atoms with van der Waals surface area (Å²) in [7, 11) is -3.88. The molecule has 32 heavy (non-hydrogen) atoms. The van der Waals surface area contributed by atoms with Crippen molar-refractivity contribution in [1.82, 2.24) is 19.7 Å². The molecule has 1 aliphatic rings. The van der Waals surface area contributed by atoms with Gasteiger partial charge in [-0.1, -0.05) is 5.16 Å². The fourth-order valence-corrected chi connectivity index (χ4v) is 4.82. The van der Waals surface area contributed by atoms with Crippen molar-refractivity contribution >= 4 is 27.5 Å². The molecule has 2 aromatic rings. The van der Waals surface area contributed by atoms with Crippen LogP contribution in [0.15, 0.2) is 33.7 Å². The average molecular weight is 464 g/mol. The molecule has 0 unspecified atom stereocenters. The van der Waals surface area contributed by atoms with E-state index in [4.69, 9.17) is 4.52 Å². The average Bonchev–Trinajstić information content (AvgIpc) is 3.05. The number of nitrogens with zero attached hydrogens (tertiary/aromatic N) is 3. The van der Waals surface area contributed by atoms with E-state index >= 15 is 0 Å². The van der Waals surface area contributed by atoms with Crippen LogP contribution in [0.5, 0.6) is 0 Å². The van der Waals surface area contributed by atoms with E-state index in [1.165, 1.54) is 31.2 Å². The molecule has 2 N–H and O–H groups in total. The van der Waals surface area contributed by atoms with Gasteiger partial charge in [0.15, 0.2) is 0 Å². The molecule has 1 aromatic heterocycles. The van der Waals surface area contributed by atoms with Gasteiger partial charge in [-0.25, -0.2) is 8.42 Å². The van der Waals surface area contributed by atoms with Crippen LogP contribution in [-0.4, -0.2) is 67.4 Å². The lowest BCUT2D eigenvalue weighted by Gasteiger charge is -2.36. The Morgan fingerprint density at radius 3 is 2.28 bits per heavy atom. The highest BCUT2D eigenvalue weighted by molar-refractivity contribution is 7.89. The van der Waals surface area contributed by atoms with Gasteiger partial charge in [-0.15, -0.1) is 0 Å². The standard InChI is InChI=1S/C21H29N5O5S/c1-14-20(16(3)31-23-14)13-25-9-11-26(12-10-25)21(28)15(2)24-32(29,30)19-7-5-18(6-8-19)22-17(4)27/h5-8,15,24H,9-13H2,1-4H3,(H,22,27)/t15-/m0/s1. The van der Waals surface area contributed by atoms with Gasteiger partial charge in [0.2, 0.25) is 21.8 Å². The SMILES string of the molecule is CC(=O)Nc1ccc(S(=O)(=O)N[C@@H](C)C(=O)N2CCN(Cc3c(C)noc3C)CC2)cc1. The molecule has 0 radical (unpaired) electrons. The first-order chi connectivity index (χ1) is 15.1. The third-order valence-corrected chi connectivity index (χ3v) is 6.99. The molecule has 1 aromatic carbocycles. The highest BCUT2D eigenvalue weighted by Gasteiger charge is 2.29. The van der Waals surface area contributed by atoms with Crippen molar-refractivity contribution in [3.05, 3.63) is 41.3 Å². The zero-order valence-electron chi connectivity index (χ0n) is 18.7. The molecule has 0 saturated carbocycles. The summed E-state index contributed by atoms with van der Waals surface area (Å²) in [4.78, 5) is 27.8. The molecule has 3 rings (SSSR count). The van der Waals surface area contributed by atoms with E-state index in [0.717, 1.165) is 17.0 Å². The molecule has 1 fully saturated rings. The van der Waals surface area contributed by atoms with Crippen molar-refractivity contribution in [2.45, 2.75) is 45.2 Å². The molecule has 1 saturated heterocycles.